The number of carbonyl (C=O) groups is 1. The van der Waals surface area contributed by atoms with Crippen molar-refractivity contribution in [3.63, 3.8) is 0 Å². The van der Waals surface area contributed by atoms with E-state index in [1.807, 2.05) is 0 Å². The van der Waals surface area contributed by atoms with Gasteiger partial charge in [0.25, 0.3) is 0 Å². The lowest BCUT2D eigenvalue weighted by atomic mass is 10.3. The number of carbonyl (C=O) groups excluding carboxylic acids is 1. The van der Waals surface area contributed by atoms with Crippen LogP contribution in [0.5, 0.6) is 0 Å². The molecule has 1 amide bonds. The summed E-state index contributed by atoms with van der Waals surface area (Å²) in [5.74, 6) is 2.29. The summed E-state index contributed by atoms with van der Waals surface area (Å²) in [5, 5.41) is 2.41. The molecule has 0 saturated carbocycles. The molecule has 0 radical (unpaired) electrons. The summed E-state index contributed by atoms with van der Waals surface area (Å²) >= 11 is 0. The van der Waals surface area contributed by atoms with E-state index < -0.39 is 6.09 Å². The fraction of sp³-hybridized carbons (Fsp3) is 0.400. The Labute approximate surface area is 88.2 Å². The molecule has 1 aromatic rings. The molecule has 0 aromatic carbocycles. The Balaban J connectivity index is 2.02. The maximum absolute atomic E-state index is 10.9. The third-order valence-corrected chi connectivity index (χ3v) is 1.71. The lowest BCUT2D eigenvalue weighted by Gasteiger charge is -2.03. The Morgan fingerprint density at radius 3 is 3.27 bits per heavy atom. The van der Waals surface area contributed by atoms with E-state index in [0.717, 1.165) is 18.5 Å². The van der Waals surface area contributed by atoms with Gasteiger partial charge in [-0.3, -0.25) is 0 Å². The van der Waals surface area contributed by atoms with Gasteiger partial charge >= 0.3 is 6.09 Å². The second-order valence-corrected chi connectivity index (χ2v) is 2.87. The molecule has 0 fully saturated rings. The van der Waals surface area contributed by atoms with Crippen LogP contribution in [0.1, 0.15) is 12.1 Å². The number of nitrogens with zero attached hydrogens (tertiary/aromatic N) is 1. The van der Waals surface area contributed by atoms with Crippen molar-refractivity contribution in [1.82, 2.24) is 15.3 Å². The molecule has 5 nitrogen and oxygen atoms in total. The summed E-state index contributed by atoms with van der Waals surface area (Å²) in [6.07, 6.45) is 9.42. The summed E-state index contributed by atoms with van der Waals surface area (Å²) in [6.45, 7) is 0.564. The molecule has 0 aliphatic rings. The summed E-state index contributed by atoms with van der Waals surface area (Å²) in [5.41, 5.74) is 1.03. The molecule has 0 spiro atoms. The Hall–Kier alpha value is -1.96. The number of imidazole rings is 1. The monoisotopic (exact) mass is 207 g/mol. The molecule has 0 bridgehead atoms. The van der Waals surface area contributed by atoms with Crippen LogP contribution >= 0.6 is 0 Å². The van der Waals surface area contributed by atoms with Crippen LogP contribution in [0.2, 0.25) is 0 Å². The number of nitrogens with one attached hydrogen (secondary N) is 2. The summed E-state index contributed by atoms with van der Waals surface area (Å²) < 4.78 is 4.86. The highest BCUT2D eigenvalue weighted by atomic mass is 16.5. The second kappa shape index (κ2) is 6.49. The molecule has 1 heterocycles. The van der Waals surface area contributed by atoms with Crippen molar-refractivity contribution in [3.05, 3.63) is 18.2 Å². The molecule has 2 N–H and O–H groups in total. The quantitative estimate of drug-likeness (QED) is 0.551. The zero-order chi connectivity index (χ0) is 10.9. The first-order chi connectivity index (χ1) is 7.33. The van der Waals surface area contributed by atoms with Crippen LogP contribution < -0.4 is 5.32 Å². The second-order valence-electron chi connectivity index (χ2n) is 2.87. The van der Waals surface area contributed by atoms with Crippen LogP contribution in [0.15, 0.2) is 12.5 Å². The highest BCUT2D eigenvalue weighted by Crippen LogP contribution is 1.96. The number of terminal acetylenes is 1. The normalized spacial score (nSPS) is 9.27. The molecule has 0 atom stereocenters. The minimum atomic E-state index is -0.474. The van der Waals surface area contributed by atoms with Gasteiger partial charge in [-0.05, 0) is 12.8 Å². The van der Waals surface area contributed by atoms with E-state index in [-0.39, 0.29) is 6.54 Å². The van der Waals surface area contributed by atoms with Gasteiger partial charge < -0.3 is 15.0 Å². The Morgan fingerprint density at radius 1 is 1.73 bits per heavy atom. The number of hydrogen-bond acceptors (Lipinski definition) is 3. The van der Waals surface area contributed by atoms with Gasteiger partial charge in [0.1, 0.15) is 0 Å². The number of rotatable bonds is 5. The van der Waals surface area contributed by atoms with Crippen LogP contribution in [0.25, 0.3) is 0 Å². The van der Waals surface area contributed by atoms with E-state index in [0.29, 0.717) is 6.61 Å². The highest BCUT2D eigenvalue weighted by Gasteiger charge is 1.99. The topological polar surface area (TPSA) is 67.0 Å². The number of alkyl carbamates (subject to hydrolysis) is 1. The Bertz CT molecular complexity index is 327. The molecular formula is C10H13N3O2. The third-order valence-electron chi connectivity index (χ3n) is 1.71. The van der Waals surface area contributed by atoms with Gasteiger partial charge in [0, 0.05) is 11.9 Å². The maximum Gasteiger partial charge on any atom is 0.407 e. The number of aryl methyl sites for hydroxylation is 1. The van der Waals surface area contributed by atoms with Crippen molar-refractivity contribution in [2.75, 3.05) is 13.2 Å². The van der Waals surface area contributed by atoms with E-state index in [1.54, 1.807) is 12.5 Å². The van der Waals surface area contributed by atoms with Crippen molar-refractivity contribution >= 4 is 6.09 Å². The van der Waals surface area contributed by atoms with E-state index >= 15 is 0 Å². The SMILES string of the molecule is C#CCNC(=O)OCCCc1cnc[nH]1. The molecule has 1 aromatic heterocycles. The number of ether oxygens (including phenoxy) is 1. The van der Waals surface area contributed by atoms with Gasteiger partial charge in [-0.15, -0.1) is 6.42 Å². The lowest BCUT2D eigenvalue weighted by molar-refractivity contribution is 0.146. The van der Waals surface area contributed by atoms with Gasteiger partial charge in [0.15, 0.2) is 0 Å². The fourth-order valence-corrected chi connectivity index (χ4v) is 1.02. The molecule has 0 aliphatic carbocycles. The van der Waals surface area contributed by atoms with Gasteiger partial charge in [-0.2, -0.15) is 0 Å². The maximum atomic E-state index is 10.9. The largest absolute Gasteiger partial charge is 0.450 e. The van der Waals surface area contributed by atoms with Crippen molar-refractivity contribution in [3.8, 4) is 12.3 Å². The number of aromatic nitrogens is 2. The van der Waals surface area contributed by atoms with Gasteiger partial charge in [-0.1, -0.05) is 5.92 Å². The van der Waals surface area contributed by atoms with Crippen molar-refractivity contribution < 1.29 is 9.53 Å². The number of H-pyrrole nitrogens is 1. The van der Waals surface area contributed by atoms with Crippen molar-refractivity contribution in [2.45, 2.75) is 12.8 Å². The van der Waals surface area contributed by atoms with Crippen molar-refractivity contribution in [1.29, 1.82) is 0 Å². The molecule has 1 rings (SSSR count). The predicted octanol–water partition coefficient (Wildman–Crippen LogP) is 0.702. The van der Waals surface area contributed by atoms with Crippen LogP contribution in [0.4, 0.5) is 4.79 Å². The zero-order valence-electron chi connectivity index (χ0n) is 8.32. The van der Waals surface area contributed by atoms with E-state index in [2.05, 4.69) is 21.2 Å². The predicted molar refractivity (Wildman–Crippen MR) is 55.1 cm³/mol. The molecule has 0 unspecified atom stereocenters. The summed E-state index contributed by atoms with van der Waals surface area (Å²) in [4.78, 5) is 17.8. The molecule has 0 aliphatic heterocycles. The van der Waals surface area contributed by atoms with Gasteiger partial charge in [0.05, 0.1) is 19.5 Å². The highest BCUT2D eigenvalue weighted by molar-refractivity contribution is 5.67. The third kappa shape index (κ3) is 4.72. The summed E-state index contributed by atoms with van der Waals surface area (Å²) in [6, 6.07) is 0. The van der Waals surface area contributed by atoms with E-state index in [4.69, 9.17) is 11.2 Å². The average molecular weight is 207 g/mol. The smallest absolute Gasteiger partial charge is 0.407 e. The first-order valence-corrected chi connectivity index (χ1v) is 4.64. The first-order valence-electron chi connectivity index (χ1n) is 4.64. The molecule has 5 heteroatoms. The summed E-state index contributed by atoms with van der Waals surface area (Å²) in [7, 11) is 0. The van der Waals surface area contributed by atoms with Gasteiger partial charge in [-0.25, -0.2) is 9.78 Å². The standard InChI is InChI=1S/C10H13N3O2/c1-2-5-12-10(14)15-6-3-4-9-7-11-8-13-9/h1,7-8H,3-6H2,(H,11,13)(H,12,14). The van der Waals surface area contributed by atoms with Crippen LogP contribution in [0, 0.1) is 12.3 Å². The van der Waals surface area contributed by atoms with E-state index in [1.165, 1.54) is 0 Å². The number of amides is 1. The molecule has 80 valence electrons. The Morgan fingerprint density at radius 2 is 2.60 bits per heavy atom. The fourth-order valence-electron chi connectivity index (χ4n) is 1.02. The molecule has 0 saturated heterocycles. The van der Waals surface area contributed by atoms with Crippen molar-refractivity contribution in [2.24, 2.45) is 0 Å². The van der Waals surface area contributed by atoms with E-state index in [9.17, 15) is 4.79 Å². The minimum Gasteiger partial charge on any atom is -0.450 e. The van der Waals surface area contributed by atoms with Crippen LogP contribution in [-0.4, -0.2) is 29.2 Å². The number of hydrogen-bond donors (Lipinski definition) is 2. The first kappa shape index (κ1) is 11.1. The van der Waals surface area contributed by atoms with Crippen LogP contribution in [0.3, 0.4) is 0 Å². The zero-order valence-corrected chi connectivity index (χ0v) is 8.32. The van der Waals surface area contributed by atoms with Gasteiger partial charge in [0.2, 0.25) is 0 Å². The molecule has 15 heavy (non-hydrogen) atoms. The average Bonchev–Trinajstić information content (AvgIpc) is 2.74. The Kier molecular flexibility index (Phi) is 4.81. The van der Waals surface area contributed by atoms with Crippen LogP contribution in [-0.2, 0) is 11.2 Å². The minimum absolute atomic E-state index is 0.194. The number of aromatic amines is 1. The molecular weight excluding hydrogens is 194 g/mol. The lowest BCUT2D eigenvalue weighted by Crippen LogP contribution is -2.24.